The summed E-state index contributed by atoms with van der Waals surface area (Å²) in [7, 11) is 1.78. The van der Waals surface area contributed by atoms with E-state index in [-0.39, 0.29) is 17.7 Å². The molecule has 1 heterocycles. The number of esters is 1. The van der Waals surface area contributed by atoms with E-state index in [0.29, 0.717) is 27.6 Å². The number of allylic oxidation sites excluding steroid dienone is 1. The van der Waals surface area contributed by atoms with Crippen LogP contribution in [0.3, 0.4) is 0 Å². The molecule has 0 saturated carbocycles. The van der Waals surface area contributed by atoms with Gasteiger partial charge < -0.3 is 20.3 Å². The van der Waals surface area contributed by atoms with Gasteiger partial charge in [0.05, 0.1) is 22.6 Å². The van der Waals surface area contributed by atoms with Crippen molar-refractivity contribution in [2.45, 2.75) is 32.9 Å². The second kappa shape index (κ2) is 10.9. The van der Waals surface area contributed by atoms with Gasteiger partial charge in [-0.15, -0.1) is 0 Å². The Morgan fingerprint density at radius 3 is 2.37 bits per heavy atom. The zero-order valence-electron chi connectivity index (χ0n) is 19.8. The van der Waals surface area contributed by atoms with Crippen LogP contribution >= 0.6 is 12.2 Å². The maximum absolute atomic E-state index is 12.8. The van der Waals surface area contributed by atoms with E-state index in [1.54, 1.807) is 68.3 Å². The Morgan fingerprint density at radius 2 is 1.80 bits per heavy atom. The van der Waals surface area contributed by atoms with Crippen LogP contribution in [0.15, 0.2) is 65.9 Å². The molecule has 0 spiro atoms. The molecule has 35 heavy (non-hydrogen) atoms. The number of thiocarbonyl (C=S) groups is 1. The van der Waals surface area contributed by atoms with E-state index in [9.17, 15) is 19.7 Å². The van der Waals surface area contributed by atoms with Gasteiger partial charge in [0.15, 0.2) is 5.11 Å². The lowest BCUT2D eigenvalue weighted by Gasteiger charge is -2.35. The predicted octanol–water partition coefficient (Wildman–Crippen LogP) is 4.33. The molecule has 3 rings (SSSR count). The van der Waals surface area contributed by atoms with Crippen molar-refractivity contribution < 1.29 is 19.2 Å². The third-order valence-electron chi connectivity index (χ3n) is 5.36. The van der Waals surface area contributed by atoms with Crippen molar-refractivity contribution in [2.75, 3.05) is 12.4 Å². The van der Waals surface area contributed by atoms with Crippen molar-refractivity contribution >= 4 is 46.7 Å². The fourth-order valence-electron chi connectivity index (χ4n) is 3.45. The highest BCUT2D eigenvalue weighted by molar-refractivity contribution is 7.80. The molecular formula is C25H26N4O5S. The van der Waals surface area contributed by atoms with E-state index in [4.69, 9.17) is 17.0 Å². The van der Waals surface area contributed by atoms with Crippen LogP contribution in [0.4, 0.5) is 11.4 Å². The normalized spacial score (nSPS) is 15.9. The largest absolute Gasteiger partial charge is 0.459 e. The number of ether oxygens (including phenoxy) is 1. The first-order chi connectivity index (χ1) is 16.6. The molecule has 0 bridgehead atoms. The Kier molecular flexibility index (Phi) is 7.98. The SMILES string of the molecule is CC1=C(C(=O)OC(C)C)[C@@H](c2ccc(NC(=O)/C=C/c3ccc([N+](=O)[O-])cc3)cc2)NC(=S)N1C. The first kappa shape index (κ1) is 25.6. The fraction of sp³-hybridized carbons (Fsp3) is 0.240. The van der Waals surface area contributed by atoms with Crippen LogP contribution in [-0.4, -0.2) is 40.0 Å². The minimum atomic E-state index is -0.489. The topological polar surface area (TPSA) is 114 Å². The van der Waals surface area contributed by atoms with Crippen LogP contribution in [0, 0.1) is 10.1 Å². The summed E-state index contributed by atoms with van der Waals surface area (Å²) >= 11 is 5.41. The monoisotopic (exact) mass is 494 g/mol. The maximum atomic E-state index is 12.8. The van der Waals surface area contributed by atoms with Crippen LogP contribution in [-0.2, 0) is 14.3 Å². The highest BCUT2D eigenvalue weighted by atomic mass is 32.1. The molecule has 10 heteroatoms. The average Bonchev–Trinajstić information content (AvgIpc) is 2.81. The van der Waals surface area contributed by atoms with Gasteiger partial charge in [0.1, 0.15) is 0 Å². The number of nitrogens with zero attached hydrogens (tertiary/aromatic N) is 2. The zero-order valence-corrected chi connectivity index (χ0v) is 20.6. The Balaban J connectivity index is 1.73. The zero-order chi connectivity index (χ0) is 25.7. The summed E-state index contributed by atoms with van der Waals surface area (Å²) < 4.78 is 5.45. The number of hydrogen-bond acceptors (Lipinski definition) is 6. The number of rotatable bonds is 7. The molecule has 0 unspecified atom stereocenters. The Hall–Kier alpha value is -4.05. The van der Waals surface area contributed by atoms with E-state index in [0.717, 1.165) is 5.56 Å². The molecule has 1 aliphatic rings. The van der Waals surface area contributed by atoms with Crippen molar-refractivity contribution in [3.05, 3.63) is 87.1 Å². The van der Waals surface area contributed by atoms with Crippen LogP contribution < -0.4 is 10.6 Å². The second-order valence-electron chi connectivity index (χ2n) is 8.19. The first-order valence-electron chi connectivity index (χ1n) is 10.9. The highest BCUT2D eigenvalue weighted by Gasteiger charge is 2.33. The number of nitro groups is 1. The molecule has 1 amide bonds. The lowest BCUT2D eigenvalue weighted by atomic mass is 9.95. The molecule has 0 fully saturated rings. The van der Waals surface area contributed by atoms with Crippen molar-refractivity contribution in [2.24, 2.45) is 0 Å². The van der Waals surface area contributed by atoms with Crippen LogP contribution in [0.2, 0.25) is 0 Å². The van der Waals surface area contributed by atoms with Crippen LogP contribution in [0.25, 0.3) is 6.08 Å². The second-order valence-corrected chi connectivity index (χ2v) is 8.57. The van der Waals surface area contributed by atoms with Gasteiger partial charge in [-0.3, -0.25) is 14.9 Å². The van der Waals surface area contributed by atoms with Gasteiger partial charge >= 0.3 is 5.97 Å². The van der Waals surface area contributed by atoms with Gasteiger partial charge in [-0.2, -0.15) is 0 Å². The van der Waals surface area contributed by atoms with E-state index in [2.05, 4.69) is 10.6 Å². The summed E-state index contributed by atoms with van der Waals surface area (Å²) in [6.07, 6.45) is 2.65. The van der Waals surface area contributed by atoms with Gasteiger partial charge in [-0.05, 0) is 74.5 Å². The van der Waals surface area contributed by atoms with Gasteiger partial charge in [0, 0.05) is 36.6 Å². The molecule has 0 aliphatic carbocycles. The minimum Gasteiger partial charge on any atom is -0.459 e. The molecule has 0 radical (unpaired) electrons. The number of benzene rings is 2. The van der Waals surface area contributed by atoms with Crippen LogP contribution in [0.1, 0.15) is 37.9 Å². The quantitative estimate of drug-likeness (QED) is 0.192. The molecular weight excluding hydrogens is 468 g/mol. The summed E-state index contributed by atoms with van der Waals surface area (Å²) in [6, 6.07) is 12.5. The molecule has 2 aromatic carbocycles. The summed E-state index contributed by atoms with van der Waals surface area (Å²) in [5, 5.41) is 17.2. The molecule has 9 nitrogen and oxygen atoms in total. The first-order valence-corrected chi connectivity index (χ1v) is 11.3. The van der Waals surface area contributed by atoms with E-state index in [1.807, 2.05) is 6.92 Å². The predicted molar refractivity (Wildman–Crippen MR) is 137 cm³/mol. The lowest BCUT2D eigenvalue weighted by molar-refractivity contribution is -0.384. The summed E-state index contributed by atoms with van der Waals surface area (Å²) in [5.41, 5.74) is 3.17. The minimum absolute atomic E-state index is 0.0165. The Bertz CT molecular complexity index is 1200. The highest BCUT2D eigenvalue weighted by Crippen LogP contribution is 2.31. The summed E-state index contributed by atoms with van der Waals surface area (Å²) in [4.78, 5) is 37.1. The smallest absolute Gasteiger partial charge is 0.338 e. The van der Waals surface area contributed by atoms with Gasteiger partial charge in [-0.1, -0.05) is 12.1 Å². The standard InChI is InChI=1S/C25H26N4O5S/c1-15(2)34-24(31)22-16(3)28(4)25(35)27-23(22)18-8-10-19(11-9-18)26-21(30)14-7-17-5-12-20(13-6-17)29(32)33/h5-15,23H,1-4H3,(H,26,30)(H,27,35)/b14-7+/t23-/m1/s1. The van der Waals surface area contributed by atoms with E-state index < -0.39 is 16.9 Å². The summed E-state index contributed by atoms with van der Waals surface area (Å²) in [5.74, 6) is -0.773. The lowest BCUT2D eigenvalue weighted by Crippen LogP contribution is -2.46. The van der Waals surface area contributed by atoms with Crippen LogP contribution in [0.5, 0.6) is 0 Å². The van der Waals surface area contributed by atoms with Gasteiger partial charge in [0.25, 0.3) is 5.69 Å². The number of anilines is 1. The number of nitro benzene ring substituents is 1. The number of non-ortho nitro benzene ring substituents is 1. The summed E-state index contributed by atoms with van der Waals surface area (Å²) in [6.45, 7) is 5.41. The molecule has 0 saturated heterocycles. The number of hydrogen-bond donors (Lipinski definition) is 2. The molecule has 1 aliphatic heterocycles. The number of amides is 1. The van der Waals surface area contributed by atoms with Gasteiger partial charge in [0.2, 0.25) is 5.91 Å². The molecule has 2 N–H and O–H groups in total. The third kappa shape index (κ3) is 6.30. The van der Waals surface area contributed by atoms with E-state index >= 15 is 0 Å². The number of carbonyl (C=O) groups is 2. The van der Waals surface area contributed by atoms with Crippen molar-refractivity contribution in [3.63, 3.8) is 0 Å². The van der Waals surface area contributed by atoms with Crippen molar-refractivity contribution in [1.29, 1.82) is 0 Å². The number of nitrogens with one attached hydrogen (secondary N) is 2. The maximum Gasteiger partial charge on any atom is 0.338 e. The van der Waals surface area contributed by atoms with E-state index in [1.165, 1.54) is 18.2 Å². The van der Waals surface area contributed by atoms with Crippen molar-refractivity contribution in [1.82, 2.24) is 10.2 Å². The Morgan fingerprint density at radius 1 is 1.17 bits per heavy atom. The molecule has 182 valence electrons. The molecule has 2 aromatic rings. The number of carbonyl (C=O) groups excluding carboxylic acids is 2. The Labute approximate surface area is 208 Å². The molecule has 0 aromatic heterocycles. The molecule has 1 atom stereocenters. The third-order valence-corrected chi connectivity index (χ3v) is 5.75. The average molecular weight is 495 g/mol. The fourth-order valence-corrected chi connectivity index (χ4v) is 3.70. The van der Waals surface area contributed by atoms with Crippen molar-refractivity contribution in [3.8, 4) is 0 Å². The van der Waals surface area contributed by atoms with Gasteiger partial charge in [-0.25, -0.2) is 4.79 Å².